The third-order valence-electron chi connectivity index (χ3n) is 4.82. The Bertz CT molecular complexity index is 995. The Morgan fingerprint density at radius 3 is 2.81 bits per heavy atom. The zero-order valence-electron chi connectivity index (χ0n) is 14.8. The number of nitrogens with zero attached hydrogens (tertiary/aromatic N) is 2. The number of rotatable bonds is 6. The molecule has 1 aliphatic rings. The number of carbonyl (C=O) groups is 2. The number of hydrogen-bond acceptors (Lipinski definition) is 5. The number of ketones is 1. The summed E-state index contributed by atoms with van der Waals surface area (Å²) in [5, 5.41) is 4.69. The van der Waals surface area contributed by atoms with Crippen LogP contribution in [0.4, 0.5) is 0 Å². The molecule has 3 aromatic rings. The van der Waals surface area contributed by atoms with E-state index in [1.54, 1.807) is 6.07 Å². The van der Waals surface area contributed by atoms with Gasteiger partial charge in [0.15, 0.2) is 12.2 Å². The van der Waals surface area contributed by atoms with Crippen molar-refractivity contribution in [3.05, 3.63) is 53.0 Å². The zero-order valence-corrected chi connectivity index (χ0v) is 14.8. The Morgan fingerprint density at radius 2 is 2.04 bits per heavy atom. The van der Waals surface area contributed by atoms with Crippen molar-refractivity contribution in [1.29, 1.82) is 0 Å². The number of carbonyl (C=O) groups excluding carboxylic acids is 2. The molecule has 0 bridgehead atoms. The number of aromatic nitrogens is 2. The third-order valence-corrected chi connectivity index (χ3v) is 4.82. The molecule has 0 N–H and O–H groups in total. The Labute approximate surface area is 150 Å². The maximum absolute atomic E-state index is 12.5. The van der Waals surface area contributed by atoms with Gasteiger partial charge in [0.2, 0.25) is 5.78 Å². The molecule has 0 unspecified atom stereocenters. The smallest absolute Gasteiger partial charge is 0.312 e. The molecule has 1 saturated carbocycles. The van der Waals surface area contributed by atoms with Crippen molar-refractivity contribution in [2.45, 2.75) is 39.2 Å². The van der Waals surface area contributed by atoms with Crippen LogP contribution in [0.3, 0.4) is 0 Å². The fourth-order valence-corrected chi connectivity index (χ4v) is 3.43. The van der Waals surface area contributed by atoms with Crippen LogP contribution >= 0.6 is 0 Å². The van der Waals surface area contributed by atoms with Gasteiger partial charge in [-0.15, -0.1) is 0 Å². The van der Waals surface area contributed by atoms with Crippen LogP contribution in [0.2, 0.25) is 0 Å². The number of esters is 1. The minimum absolute atomic E-state index is 0.0224. The average molecular weight is 352 g/mol. The van der Waals surface area contributed by atoms with Crippen LogP contribution in [0, 0.1) is 13.8 Å². The molecule has 1 aromatic carbocycles. The fourth-order valence-electron chi connectivity index (χ4n) is 3.43. The molecular weight excluding hydrogens is 332 g/mol. The second-order valence-electron chi connectivity index (χ2n) is 6.77. The Hall–Kier alpha value is -2.89. The van der Waals surface area contributed by atoms with Gasteiger partial charge < -0.3 is 13.8 Å². The van der Waals surface area contributed by atoms with Crippen LogP contribution in [-0.2, 0) is 16.0 Å². The normalized spacial score (nSPS) is 13.9. The first-order chi connectivity index (χ1) is 12.5. The molecule has 0 saturated heterocycles. The predicted molar refractivity (Wildman–Crippen MR) is 95.2 cm³/mol. The summed E-state index contributed by atoms with van der Waals surface area (Å²) in [4.78, 5) is 24.6. The van der Waals surface area contributed by atoms with E-state index < -0.39 is 5.97 Å². The number of aryl methyl sites for hydroxylation is 1. The molecule has 1 aliphatic carbocycles. The monoisotopic (exact) mass is 352 g/mol. The summed E-state index contributed by atoms with van der Waals surface area (Å²) in [6.07, 6.45) is 2.29. The summed E-state index contributed by atoms with van der Waals surface area (Å²) in [7, 11) is 0. The van der Waals surface area contributed by atoms with E-state index in [2.05, 4.69) is 9.72 Å². The van der Waals surface area contributed by atoms with Crippen LogP contribution in [0.5, 0.6) is 0 Å². The van der Waals surface area contributed by atoms with Crippen molar-refractivity contribution < 1.29 is 18.8 Å². The molecule has 0 spiro atoms. The predicted octanol–water partition coefficient (Wildman–Crippen LogP) is 3.55. The van der Waals surface area contributed by atoms with Crippen molar-refractivity contribution in [2.75, 3.05) is 6.61 Å². The summed E-state index contributed by atoms with van der Waals surface area (Å²) in [6.45, 7) is 3.69. The Kier molecular flexibility index (Phi) is 4.11. The average Bonchev–Trinajstić information content (AvgIpc) is 3.31. The molecule has 0 amide bonds. The van der Waals surface area contributed by atoms with Gasteiger partial charge in [0.05, 0.1) is 6.42 Å². The number of hydrogen-bond donors (Lipinski definition) is 0. The van der Waals surface area contributed by atoms with Gasteiger partial charge in [-0.2, -0.15) is 0 Å². The van der Waals surface area contributed by atoms with E-state index in [1.807, 2.05) is 38.1 Å². The van der Waals surface area contributed by atoms with E-state index in [4.69, 9.17) is 9.26 Å². The van der Waals surface area contributed by atoms with E-state index in [-0.39, 0.29) is 18.8 Å². The highest BCUT2D eigenvalue weighted by Gasteiger charge is 2.28. The molecule has 2 aromatic heterocycles. The molecule has 0 atom stereocenters. The lowest BCUT2D eigenvalue weighted by molar-refractivity contribution is -0.141. The standard InChI is InChI=1S/C20H20N2O4/c1-12-9-16(13(2)22(12)14-7-8-14)18(23)11-25-20(24)10-17-15-5-3-4-6-19(15)26-21-17/h3-6,9,14H,7-8,10-11H2,1-2H3. The number of benzene rings is 1. The van der Waals surface area contributed by atoms with Crippen LogP contribution < -0.4 is 0 Å². The summed E-state index contributed by atoms with van der Waals surface area (Å²) in [5.41, 5.74) is 3.81. The molecule has 1 fully saturated rings. The van der Waals surface area contributed by atoms with Gasteiger partial charge in [-0.3, -0.25) is 9.59 Å². The first kappa shape index (κ1) is 16.6. The molecule has 26 heavy (non-hydrogen) atoms. The van der Waals surface area contributed by atoms with Crippen LogP contribution in [0.25, 0.3) is 11.0 Å². The second kappa shape index (κ2) is 6.44. The summed E-state index contributed by atoms with van der Waals surface area (Å²) in [5.74, 6) is -0.670. The van der Waals surface area contributed by atoms with Crippen molar-refractivity contribution in [3.8, 4) is 0 Å². The lowest BCUT2D eigenvalue weighted by Crippen LogP contribution is -2.16. The van der Waals surface area contributed by atoms with Crippen molar-refractivity contribution in [1.82, 2.24) is 9.72 Å². The molecule has 2 heterocycles. The summed E-state index contributed by atoms with van der Waals surface area (Å²) >= 11 is 0. The molecule has 6 nitrogen and oxygen atoms in total. The molecule has 134 valence electrons. The maximum Gasteiger partial charge on any atom is 0.312 e. The molecule has 4 rings (SSSR count). The van der Waals surface area contributed by atoms with Gasteiger partial charge in [-0.05, 0) is 44.9 Å². The second-order valence-corrected chi connectivity index (χ2v) is 6.77. The first-order valence-electron chi connectivity index (χ1n) is 8.75. The number of para-hydroxylation sites is 1. The van der Waals surface area contributed by atoms with Gasteiger partial charge >= 0.3 is 5.97 Å². The SMILES string of the molecule is Cc1cc(C(=O)COC(=O)Cc2noc3ccccc23)c(C)n1C1CC1. The molecule has 0 radical (unpaired) electrons. The Morgan fingerprint density at radius 1 is 1.27 bits per heavy atom. The zero-order chi connectivity index (χ0) is 18.3. The minimum atomic E-state index is -0.492. The fraction of sp³-hybridized carbons (Fsp3) is 0.350. The largest absolute Gasteiger partial charge is 0.457 e. The summed E-state index contributed by atoms with van der Waals surface area (Å²) < 4.78 is 12.6. The van der Waals surface area contributed by atoms with Gasteiger partial charge in [-0.25, -0.2) is 0 Å². The third kappa shape index (κ3) is 3.03. The Balaban J connectivity index is 1.40. The maximum atomic E-state index is 12.5. The van der Waals surface area contributed by atoms with Gasteiger partial charge in [0.1, 0.15) is 5.69 Å². The molecule has 0 aliphatic heterocycles. The van der Waals surface area contributed by atoms with E-state index in [1.165, 1.54) is 0 Å². The highest BCUT2D eigenvalue weighted by molar-refractivity contribution is 5.99. The highest BCUT2D eigenvalue weighted by Crippen LogP contribution is 2.38. The minimum Gasteiger partial charge on any atom is -0.457 e. The lowest BCUT2D eigenvalue weighted by Gasteiger charge is -2.07. The van der Waals surface area contributed by atoms with Crippen molar-refractivity contribution in [3.63, 3.8) is 0 Å². The van der Waals surface area contributed by atoms with Crippen molar-refractivity contribution in [2.24, 2.45) is 0 Å². The van der Waals surface area contributed by atoms with E-state index in [9.17, 15) is 9.59 Å². The quantitative estimate of drug-likeness (QED) is 0.501. The van der Waals surface area contributed by atoms with Gasteiger partial charge in [0, 0.05) is 28.4 Å². The topological polar surface area (TPSA) is 74.3 Å². The number of ether oxygens (including phenoxy) is 1. The van der Waals surface area contributed by atoms with Crippen LogP contribution in [-0.4, -0.2) is 28.1 Å². The highest BCUT2D eigenvalue weighted by atomic mass is 16.5. The number of fused-ring (bicyclic) bond motifs is 1. The van der Waals surface area contributed by atoms with Crippen molar-refractivity contribution >= 4 is 22.7 Å². The van der Waals surface area contributed by atoms with Gasteiger partial charge in [-0.1, -0.05) is 17.3 Å². The summed E-state index contributed by atoms with van der Waals surface area (Å²) in [6, 6.07) is 9.72. The van der Waals surface area contributed by atoms with E-state index in [0.717, 1.165) is 29.6 Å². The number of Topliss-reactive ketones (excluding diaryl/α,β-unsaturated/α-hetero) is 1. The van der Waals surface area contributed by atoms with E-state index >= 15 is 0 Å². The lowest BCUT2D eigenvalue weighted by atomic mass is 10.1. The van der Waals surface area contributed by atoms with Gasteiger partial charge in [0.25, 0.3) is 0 Å². The molecule has 6 heteroatoms. The molecular formula is C20H20N2O4. The van der Waals surface area contributed by atoms with Crippen LogP contribution in [0.15, 0.2) is 34.9 Å². The first-order valence-corrected chi connectivity index (χ1v) is 8.75. The van der Waals surface area contributed by atoms with Crippen LogP contribution in [0.1, 0.15) is 46.3 Å². The van der Waals surface area contributed by atoms with E-state index in [0.29, 0.717) is 22.9 Å².